The normalized spacial score (nSPS) is 14.3. The van der Waals surface area contributed by atoms with Crippen LogP contribution in [0.2, 0.25) is 0 Å². The van der Waals surface area contributed by atoms with Gasteiger partial charge in [0.1, 0.15) is 11.6 Å². The van der Waals surface area contributed by atoms with Gasteiger partial charge in [-0.15, -0.1) is 0 Å². The first-order chi connectivity index (χ1) is 8.74. The number of rotatable bonds is 1. The fraction of sp³-hybridized carbons (Fsp3) is 0.286. The van der Waals surface area contributed by atoms with E-state index in [1.165, 1.54) is 12.1 Å². The van der Waals surface area contributed by atoms with E-state index in [-0.39, 0.29) is 5.82 Å². The van der Waals surface area contributed by atoms with Gasteiger partial charge < -0.3 is 5.73 Å². The molecule has 1 heterocycles. The number of nitrogens with two attached hydrogens (primary N) is 1. The largest absolute Gasteiger partial charge is 0.383 e. The Bertz CT molecular complexity index is 578. The zero-order chi connectivity index (χ0) is 12.5. The minimum absolute atomic E-state index is 0.260. The third-order valence-corrected chi connectivity index (χ3v) is 3.32. The highest BCUT2D eigenvalue weighted by molar-refractivity contribution is 5.59. The van der Waals surface area contributed by atoms with Gasteiger partial charge in [-0.25, -0.2) is 14.4 Å². The molecule has 0 bridgehead atoms. The average Bonchev–Trinajstić information content (AvgIpc) is 2.39. The molecule has 92 valence electrons. The predicted octanol–water partition coefficient (Wildman–Crippen LogP) is 2.74. The van der Waals surface area contributed by atoms with Gasteiger partial charge in [-0.1, -0.05) is 0 Å². The Morgan fingerprint density at radius 2 is 1.72 bits per heavy atom. The molecule has 3 rings (SSSR count). The van der Waals surface area contributed by atoms with Crippen LogP contribution in [0.1, 0.15) is 24.1 Å². The maximum Gasteiger partial charge on any atom is 0.161 e. The lowest BCUT2D eigenvalue weighted by Gasteiger charge is -2.17. The summed E-state index contributed by atoms with van der Waals surface area (Å²) in [5.41, 5.74) is 8.93. The van der Waals surface area contributed by atoms with Crippen molar-refractivity contribution in [3.8, 4) is 11.4 Å². The second-order valence-corrected chi connectivity index (χ2v) is 4.57. The van der Waals surface area contributed by atoms with Gasteiger partial charge in [0, 0.05) is 16.8 Å². The zero-order valence-electron chi connectivity index (χ0n) is 9.99. The summed E-state index contributed by atoms with van der Waals surface area (Å²) < 4.78 is 12.9. The molecule has 0 atom stereocenters. The Morgan fingerprint density at radius 3 is 2.50 bits per heavy atom. The molecule has 4 heteroatoms. The SMILES string of the molecule is Nc1nc(-c2ccc(F)cc2)nc2c1CCCC2. The molecule has 0 fully saturated rings. The van der Waals surface area contributed by atoms with Crippen molar-refractivity contribution in [2.75, 3.05) is 5.73 Å². The summed E-state index contributed by atoms with van der Waals surface area (Å²) in [7, 11) is 0. The van der Waals surface area contributed by atoms with Crippen LogP contribution in [0.25, 0.3) is 11.4 Å². The Morgan fingerprint density at radius 1 is 1.00 bits per heavy atom. The minimum Gasteiger partial charge on any atom is -0.383 e. The second kappa shape index (κ2) is 4.37. The van der Waals surface area contributed by atoms with Crippen molar-refractivity contribution < 1.29 is 4.39 Å². The van der Waals surface area contributed by atoms with E-state index < -0.39 is 0 Å². The summed E-state index contributed by atoms with van der Waals surface area (Å²) in [6, 6.07) is 6.18. The fourth-order valence-corrected chi connectivity index (χ4v) is 2.35. The average molecular weight is 243 g/mol. The number of hydrogen-bond donors (Lipinski definition) is 1. The number of anilines is 1. The molecule has 0 amide bonds. The van der Waals surface area contributed by atoms with Gasteiger partial charge >= 0.3 is 0 Å². The van der Waals surface area contributed by atoms with Crippen LogP contribution in [0.3, 0.4) is 0 Å². The van der Waals surface area contributed by atoms with E-state index in [0.29, 0.717) is 11.6 Å². The molecule has 1 aliphatic carbocycles. The molecule has 1 aliphatic rings. The first-order valence-corrected chi connectivity index (χ1v) is 6.15. The minimum atomic E-state index is -0.260. The van der Waals surface area contributed by atoms with Crippen LogP contribution in [-0.4, -0.2) is 9.97 Å². The summed E-state index contributed by atoms with van der Waals surface area (Å²) in [5, 5.41) is 0. The van der Waals surface area contributed by atoms with Crippen molar-refractivity contribution in [1.29, 1.82) is 0 Å². The van der Waals surface area contributed by atoms with E-state index >= 15 is 0 Å². The summed E-state index contributed by atoms with van der Waals surface area (Å²) in [5.74, 6) is 0.900. The summed E-state index contributed by atoms with van der Waals surface area (Å²) in [6.07, 6.45) is 4.21. The lowest BCUT2D eigenvalue weighted by molar-refractivity contribution is 0.628. The van der Waals surface area contributed by atoms with Crippen molar-refractivity contribution in [3.05, 3.63) is 41.3 Å². The lowest BCUT2D eigenvalue weighted by atomic mass is 9.96. The van der Waals surface area contributed by atoms with Crippen LogP contribution in [-0.2, 0) is 12.8 Å². The van der Waals surface area contributed by atoms with E-state index in [9.17, 15) is 4.39 Å². The summed E-state index contributed by atoms with van der Waals surface area (Å²) in [4.78, 5) is 8.89. The van der Waals surface area contributed by atoms with Crippen LogP contribution in [0.4, 0.5) is 10.2 Å². The van der Waals surface area contributed by atoms with Crippen molar-refractivity contribution in [1.82, 2.24) is 9.97 Å². The molecule has 0 saturated carbocycles. The molecular formula is C14H14FN3. The maximum atomic E-state index is 12.9. The number of aryl methyl sites for hydroxylation is 1. The van der Waals surface area contributed by atoms with Crippen molar-refractivity contribution in [2.24, 2.45) is 0 Å². The monoisotopic (exact) mass is 243 g/mol. The van der Waals surface area contributed by atoms with E-state index in [1.54, 1.807) is 12.1 Å². The zero-order valence-corrected chi connectivity index (χ0v) is 9.99. The molecule has 3 nitrogen and oxygen atoms in total. The number of aromatic nitrogens is 2. The molecule has 2 aromatic rings. The van der Waals surface area contributed by atoms with Gasteiger partial charge in [0.2, 0.25) is 0 Å². The topological polar surface area (TPSA) is 51.8 Å². The van der Waals surface area contributed by atoms with Crippen molar-refractivity contribution >= 4 is 5.82 Å². The van der Waals surface area contributed by atoms with Crippen LogP contribution < -0.4 is 5.73 Å². The molecular weight excluding hydrogens is 229 g/mol. The number of benzene rings is 1. The lowest BCUT2D eigenvalue weighted by Crippen LogP contribution is -2.11. The molecule has 0 unspecified atom stereocenters. The molecule has 18 heavy (non-hydrogen) atoms. The number of halogens is 1. The third kappa shape index (κ3) is 1.94. The first kappa shape index (κ1) is 11.1. The first-order valence-electron chi connectivity index (χ1n) is 6.15. The van der Waals surface area contributed by atoms with Gasteiger partial charge in [-0.2, -0.15) is 0 Å². The molecule has 0 aliphatic heterocycles. The Balaban J connectivity index is 2.08. The highest BCUT2D eigenvalue weighted by Gasteiger charge is 2.16. The fourth-order valence-electron chi connectivity index (χ4n) is 2.35. The van der Waals surface area contributed by atoms with Crippen LogP contribution in [0.15, 0.2) is 24.3 Å². The van der Waals surface area contributed by atoms with Gasteiger partial charge in [0.15, 0.2) is 5.82 Å². The molecule has 1 aromatic heterocycles. The van der Waals surface area contributed by atoms with E-state index in [2.05, 4.69) is 9.97 Å². The van der Waals surface area contributed by atoms with Gasteiger partial charge in [-0.05, 0) is 49.9 Å². The van der Waals surface area contributed by atoms with Gasteiger partial charge in [-0.3, -0.25) is 0 Å². The van der Waals surface area contributed by atoms with Crippen molar-refractivity contribution in [3.63, 3.8) is 0 Å². The van der Waals surface area contributed by atoms with E-state index in [1.807, 2.05) is 0 Å². The second-order valence-electron chi connectivity index (χ2n) is 4.57. The molecule has 0 radical (unpaired) electrons. The predicted molar refractivity (Wildman–Crippen MR) is 68.5 cm³/mol. The van der Waals surface area contributed by atoms with E-state index in [4.69, 9.17) is 5.73 Å². The highest BCUT2D eigenvalue weighted by atomic mass is 19.1. The standard InChI is InChI=1S/C14H14FN3/c15-10-7-5-9(6-8-10)14-17-12-4-2-1-3-11(12)13(16)18-14/h5-8H,1-4H2,(H2,16,17,18). The van der Waals surface area contributed by atoms with Crippen LogP contribution in [0, 0.1) is 5.82 Å². The highest BCUT2D eigenvalue weighted by Crippen LogP contribution is 2.26. The third-order valence-electron chi connectivity index (χ3n) is 3.32. The Labute approximate surface area is 105 Å². The van der Waals surface area contributed by atoms with Gasteiger partial charge in [0.05, 0.1) is 0 Å². The van der Waals surface area contributed by atoms with Crippen LogP contribution in [0.5, 0.6) is 0 Å². The van der Waals surface area contributed by atoms with Gasteiger partial charge in [0.25, 0.3) is 0 Å². The number of nitrogen functional groups attached to an aromatic ring is 1. The summed E-state index contributed by atoms with van der Waals surface area (Å²) >= 11 is 0. The number of hydrogen-bond acceptors (Lipinski definition) is 3. The molecule has 1 aromatic carbocycles. The number of fused-ring (bicyclic) bond motifs is 1. The van der Waals surface area contributed by atoms with Crippen molar-refractivity contribution in [2.45, 2.75) is 25.7 Å². The molecule has 0 saturated heterocycles. The maximum absolute atomic E-state index is 12.9. The van der Waals surface area contributed by atoms with Crippen LogP contribution >= 0.6 is 0 Å². The Kier molecular flexibility index (Phi) is 2.70. The summed E-state index contributed by atoms with van der Waals surface area (Å²) in [6.45, 7) is 0. The Hall–Kier alpha value is -1.97. The smallest absolute Gasteiger partial charge is 0.161 e. The van der Waals surface area contributed by atoms with E-state index in [0.717, 1.165) is 42.5 Å². The quantitative estimate of drug-likeness (QED) is 0.837. The number of nitrogens with zero attached hydrogens (tertiary/aromatic N) is 2. The molecule has 2 N–H and O–H groups in total. The molecule has 0 spiro atoms.